The van der Waals surface area contributed by atoms with Gasteiger partial charge in [0.15, 0.2) is 0 Å². The van der Waals surface area contributed by atoms with Gasteiger partial charge in [-0.3, -0.25) is 9.59 Å². The molecule has 158 valence electrons. The molecule has 0 saturated heterocycles. The highest BCUT2D eigenvalue weighted by atomic mass is 32.1. The lowest BCUT2D eigenvalue weighted by atomic mass is 9.93. The van der Waals surface area contributed by atoms with Crippen LogP contribution in [0.5, 0.6) is 0 Å². The number of amides is 2. The van der Waals surface area contributed by atoms with E-state index >= 15 is 0 Å². The van der Waals surface area contributed by atoms with Crippen molar-refractivity contribution in [3.05, 3.63) is 65.2 Å². The Kier molecular flexibility index (Phi) is 6.66. The molecule has 2 aromatic carbocycles. The maximum Gasteiger partial charge on any atom is 0.326 e. The zero-order valence-corrected chi connectivity index (χ0v) is 17.5. The largest absolute Gasteiger partial charge is 0.480 e. The lowest BCUT2D eigenvalue weighted by Gasteiger charge is -2.36. The predicted molar refractivity (Wildman–Crippen MR) is 117 cm³/mol. The van der Waals surface area contributed by atoms with E-state index in [4.69, 9.17) is 5.73 Å². The van der Waals surface area contributed by atoms with Crippen molar-refractivity contribution in [3.63, 3.8) is 0 Å². The fourth-order valence-electron chi connectivity index (χ4n) is 3.61. The minimum Gasteiger partial charge on any atom is -0.480 e. The molecule has 3 rings (SSSR count). The number of hydrogen-bond acceptors (Lipinski definition) is 5. The summed E-state index contributed by atoms with van der Waals surface area (Å²) in [6.45, 7) is 1.68. The van der Waals surface area contributed by atoms with Crippen LogP contribution in [0.1, 0.15) is 23.6 Å². The lowest BCUT2D eigenvalue weighted by Crippen LogP contribution is -2.55. The molecule has 30 heavy (non-hydrogen) atoms. The maximum atomic E-state index is 13.0. The highest BCUT2D eigenvalue weighted by Crippen LogP contribution is 2.26. The first-order valence-electron chi connectivity index (χ1n) is 9.69. The van der Waals surface area contributed by atoms with Gasteiger partial charge in [-0.25, -0.2) is 4.79 Å². The minimum atomic E-state index is -1.08. The Balaban J connectivity index is 1.69. The Morgan fingerprint density at radius 2 is 1.90 bits per heavy atom. The quantitative estimate of drug-likeness (QED) is 0.414. The van der Waals surface area contributed by atoms with E-state index in [0.717, 1.165) is 16.7 Å². The van der Waals surface area contributed by atoms with Crippen molar-refractivity contribution in [1.29, 1.82) is 0 Å². The van der Waals surface area contributed by atoms with Crippen molar-refractivity contribution in [1.82, 2.24) is 10.2 Å². The molecule has 0 radical (unpaired) electrons. The number of carboxylic acids is 1. The summed E-state index contributed by atoms with van der Waals surface area (Å²) in [5.41, 5.74) is 9.02. The van der Waals surface area contributed by atoms with E-state index in [1.54, 1.807) is 25.1 Å². The maximum absolute atomic E-state index is 13.0. The van der Waals surface area contributed by atoms with Gasteiger partial charge < -0.3 is 21.1 Å². The van der Waals surface area contributed by atoms with Gasteiger partial charge in [-0.2, -0.15) is 12.6 Å². The number of nitrogens with two attached hydrogens (primary N) is 1. The molecule has 3 atom stereocenters. The lowest BCUT2D eigenvalue weighted by molar-refractivity contribution is -0.152. The summed E-state index contributed by atoms with van der Waals surface area (Å²) in [5, 5.41) is 11.7. The van der Waals surface area contributed by atoms with E-state index in [1.165, 1.54) is 4.90 Å². The van der Waals surface area contributed by atoms with Gasteiger partial charge in [0.2, 0.25) is 11.8 Å². The molecule has 0 spiro atoms. The summed E-state index contributed by atoms with van der Waals surface area (Å²) in [6, 6.07) is 12.8. The molecule has 8 heteroatoms. The van der Waals surface area contributed by atoms with Gasteiger partial charge in [0.05, 0.1) is 5.25 Å². The van der Waals surface area contributed by atoms with Gasteiger partial charge in [0.25, 0.3) is 0 Å². The van der Waals surface area contributed by atoms with Crippen molar-refractivity contribution >= 4 is 36.1 Å². The Hall–Kier alpha value is -3.00. The number of carbonyl (C=O) groups excluding carboxylic acids is 2. The molecule has 1 aliphatic heterocycles. The molecule has 2 amide bonds. The van der Waals surface area contributed by atoms with E-state index in [2.05, 4.69) is 17.9 Å². The Bertz CT molecular complexity index is 951. The number of nitrogens with zero attached hydrogens (tertiary/aromatic N) is 1. The second kappa shape index (κ2) is 9.21. The third kappa shape index (κ3) is 4.94. The van der Waals surface area contributed by atoms with Gasteiger partial charge in [-0.15, -0.1) is 0 Å². The fraction of sp³-hybridized carbons (Fsp3) is 0.318. The summed E-state index contributed by atoms with van der Waals surface area (Å²) in [6.07, 6.45) is 0.616. The van der Waals surface area contributed by atoms with E-state index in [0.29, 0.717) is 12.1 Å². The first-order valence-corrected chi connectivity index (χ1v) is 10.2. The van der Waals surface area contributed by atoms with Crippen LogP contribution in [0.4, 0.5) is 5.69 Å². The Labute approximate surface area is 180 Å². The number of hydrogen-bond donors (Lipinski definition) is 4. The van der Waals surface area contributed by atoms with Gasteiger partial charge in [-0.05, 0) is 42.2 Å². The summed E-state index contributed by atoms with van der Waals surface area (Å²) in [7, 11) is 0. The number of fused-ring (bicyclic) bond motifs is 1. The van der Waals surface area contributed by atoms with Crippen molar-refractivity contribution in [2.24, 2.45) is 0 Å². The number of carbonyl (C=O) groups is 3. The van der Waals surface area contributed by atoms with Crippen LogP contribution in [0, 0.1) is 0 Å². The summed E-state index contributed by atoms with van der Waals surface area (Å²) in [4.78, 5) is 38.6. The number of nitrogen functional groups attached to an aromatic ring is 1. The van der Waals surface area contributed by atoms with Gasteiger partial charge in [0.1, 0.15) is 12.1 Å². The minimum absolute atomic E-state index is 0.130. The zero-order valence-electron chi connectivity index (χ0n) is 16.6. The molecule has 0 fully saturated rings. The van der Waals surface area contributed by atoms with Crippen LogP contribution in [0.25, 0.3) is 0 Å². The average molecular weight is 428 g/mol. The fourth-order valence-corrected chi connectivity index (χ4v) is 3.89. The van der Waals surface area contributed by atoms with Crippen LogP contribution >= 0.6 is 12.6 Å². The average Bonchev–Trinajstić information content (AvgIpc) is 2.72. The summed E-state index contributed by atoms with van der Waals surface area (Å²) < 4.78 is 0. The second-order valence-electron chi connectivity index (χ2n) is 7.49. The molecule has 0 bridgehead atoms. The normalized spacial score (nSPS) is 17.5. The third-order valence-corrected chi connectivity index (χ3v) is 5.65. The molecule has 0 aliphatic carbocycles. The van der Waals surface area contributed by atoms with Crippen LogP contribution in [0.3, 0.4) is 0 Å². The van der Waals surface area contributed by atoms with Crippen LogP contribution in [-0.4, -0.2) is 45.1 Å². The van der Waals surface area contributed by atoms with E-state index in [1.807, 2.05) is 30.3 Å². The summed E-state index contributed by atoms with van der Waals surface area (Å²) >= 11 is 4.36. The molecule has 4 N–H and O–H groups in total. The SMILES string of the molecule is C[C@H](NC(=O)[C@@H](S)Cc1ccccc1)C(=O)N1Cc2cc(N)ccc2C[C@H]1C(=O)O. The number of carboxylic acid groups (broad SMARTS) is 1. The first kappa shape index (κ1) is 21.7. The van der Waals surface area contributed by atoms with Crippen molar-refractivity contribution in [2.45, 2.75) is 43.6 Å². The van der Waals surface area contributed by atoms with Crippen LogP contribution in [0.15, 0.2) is 48.5 Å². The highest BCUT2D eigenvalue weighted by molar-refractivity contribution is 7.81. The molecule has 7 nitrogen and oxygen atoms in total. The number of rotatable bonds is 6. The van der Waals surface area contributed by atoms with E-state index in [9.17, 15) is 19.5 Å². The summed E-state index contributed by atoms with van der Waals surface area (Å²) in [5.74, 6) is -1.92. The molecule has 1 aliphatic rings. The van der Waals surface area contributed by atoms with Crippen molar-refractivity contribution < 1.29 is 19.5 Å². The van der Waals surface area contributed by atoms with Crippen LogP contribution < -0.4 is 11.1 Å². The molecule has 1 heterocycles. The number of aliphatic carboxylic acids is 1. The van der Waals surface area contributed by atoms with Gasteiger partial charge >= 0.3 is 5.97 Å². The zero-order chi connectivity index (χ0) is 21.8. The molecule has 0 saturated carbocycles. The van der Waals surface area contributed by atoms with E-state index in [-0.39, 0.29) is 18.9 Å². The molecule has 0 aromatic heterocycles. The molecular weight excluding hydrogens is 402 g/mol. The number of nitrogens with one attached hydrogen (secondary N) is 1. The third-order valence-electron chi connectivity index (χ3n) is 5.23. The standard InChI is InChI=1S/C22H25N3O4S/c1-13(24-20(26)19(30)9-14-5-3-2-4-6-14)21(27)25-12-16-10-17(23)8-7-15(16)11-18(25)22(28)29/h2-8,10,13,18-19,30H,9,11-12,23H2,1H3,(H,24,26)(H,28,29)/t13-,18-,19-/m0/s1. The van der Waals surface area contributed by atoms with Crippen LogP contribution in [0.2, 0.25) is 0 Å². The van der Waals surface area contributed by atoms with Gasteiger partial charge in [-0.1, -0.05) is 36.4 Å². The Morgan fingerprint density at radius 1 is 1.20 bits per heavy atom. The number of benzene rings is 2. The van der Waals surface area contributed by atoms with Gasteiger partial charge in [0, 0.05) is 18.7 Å². The van der Waals surface area contributed by atoms with Crippen molar-refractivity contribution in [2.75, 3.05) is 5.73 Å². The molecule has 0 unspecified atom stereocenters. The highest BCUT2D eigenvalue weighted by Gasteiger charge is 2.37. The smallest absolute Gasteiger partial charge is 0.326 e. The Morgan fingerprint density at radius 3 is 2.57 bits per heavy atom. The van der Waals surface area contributed by atoms with E-state index < -0.39 is 29.2 Å². The number of anilines is 1. The second-order valence-corrected chi connectivity index (χ2v) is 8.11. The van der Waals surface area contributed by atoms with Crippen LogP contribution in [-0.2, 0) is 33.8 Å². The first-order chi connectivity index (χ1) is 14.3. The predicted octanol–water partition coefficient (Wildman–Crippen LogP) is 1.65. The molecular formula is C22H25N3O4S. The number of thiol groups is 1. The monoisotopic (exact) mass is 427 g/mol. The van der Waals surface area contributed by atoms with Crippen molar-refractivity contribution in [3.8, 4) is 0 Å². The topological polar surface area (TPSA) is 113 Å². The molecule has 2 aromatic rings.